The van der Waals surface area contributed by atoms with Gasteiger partial charge in [-0.05, 0) is 24.1 Å². The van der Waals surface area contributed by atoms with E-state index in [1.165, 1.54) is 0 Å². The number of rotatable bonds is 2. The highest BCUT2D eigenvalue weighted by Crippen LogP contribution is 2.26. The van der Waals surface area contributed by atoms with Gasteiger partial charge < -0.3 is 10.6 Å². The van der Waals surface area contributed by atoms with Gasteiger partial charge in [-0.3, -0.25) is 0 Å². The molecule has 0 aliphatic carbocycles. The zero-order valence-corrected chi connectivity index (χ0v) is 9.10. The maximum atomic E-state index is 11.1. The minimum absolute atomic E-state index is 0.189. The largest absolute Gasteiger partial charge is 0.341 e. The molecule has 5 nitrogen and oxygen atoms in total. The van der Waals surface area contributed by atoms with Gasteiger partial charge in [0, 0.05) is 12.7 Å². The molecule has 84 valence electrons. The van der Waals surface area contributed by atoms with E-state index in [2.05, 4.69) is 20.9 Å². The van der Waals surface area contributed by atoms with Gasteiger partial charge in [0.1, 0.15) is 0 Å². The number of amides is 2. The number of nitrogens with one attached hydrogen (secondary N) is 2. The van der Waals surface area contributed by atoms with Crippen molar-refractivity contribution in [1.82, 2.24) is 5.32 Å². The second kappa shape index (κ2) is 4.74. The number of azo groups is 1. The van der Waals surface area contributed by atoms with Crippen molar-refractivity contribution in [3.8, 4) is 0 Å². The van der Waals surface area contributed by atoms with Gasteiger partial charge in [0.25, 0.3) is 0 Å². The molecule has 2 amide bonds. The average molecular weight is 218 g/mol. The van der Waals surface area contributed by atoms with Crippen molar-refractivity contribution in [3.05, 3.63) is 29.8 Å². The van der Waals surface area contributed by atoms with Gasteiger partial charge in [0.2, 0.25) is 0 Å². The monoisotopic (exact) mass is 218 g/mol. The standard InChI is InChI=1S/C11H14N4O/c1-12-11(16)14-9-4-2-8(3-5-9)10-6-7-13-15-10/h2-5,10H,6-7H2,1H3,(H2,12,14,16). The molecule has 1 aromatic carbocycles. The minimum atomic E-state index is -0.215. The number of hydrogen-bond donors (Lipinski definition) is 2. The van der Waals surface area contributed by atoms with Gasteiger partial charge >= 0.3 is 6.03 Å². The van der Waals surface area contributed by atoms with E-state index in [1.807, 2.05) is 24.3 Å². The molecule has 1 atom stereocenters. The first kappa shape index (κ1) is 10.6. The van der Waals surface area contributed by atoms with E-state index < -0.39 is 0 Å². The summed E-state index contributed by atoms with van der Waals surface area (Å²) in [6, 6.07) is 7.67. The van der Waals surface area contributed by atoms with E-state index in [0.29, 0.717) is 0 Å². The Bertz CT molecular complexity index is 399. The van der Waals surface area contributed by atoms with Crippen LogP contribution in [0.25, 0.3) is 0 Å². The van der Waals surface area contributed by atoms with Crippen molar-refractivity contribution in [1.29, 1.82) is 0 Å². The number of urea groups is 1. The van der Waals surface area contributed by atoms with Gasteiger partial charge in [-0.2, -0.15) is 10.2 Å². The van der Waals surface area contributed by atoms with E-state index in [9.17, 15) is 4.79 Å². The summed E-state index contributed by atoms with van der Waals surface area (Å²) in [7, 11) is 1.59. The number of carbonyl (C=O) groups excluding carboxylic acids is 1. The lowest BCUT2D eigenvalue weighted by atomic mass is 10.1. The van der Waals surface area contributed by atoms with Crippen molar-refractivity contribution < 1.29 is 4.79 Å². The van der Waals surface area contributed by atoms with Gasteiger partial charge in [-0.25, -0.2) is 4.79 Å². The maximum Gasteiger partial charge on any atom is 0.318 e. The molecular formula is C11H14N4O. The Kier molecular flexibility index (Phi) is 3.14. The van der Waals surface area contributed by atoms with Crippen LogP contribution in [0.15, 0.2) is 34.5 Å². The predicted octanol–water partition coefficient (Wildman–Crippen LogP) is 2.33. The summed E-state index contributed by atoms with van der Waals surface area (Å²) in [4.78, 5) is 11.1. The molecule has 1 aliphatic heterocycles. The number of benzene rings is 1. The van der Waals surface area contributed by atoms with Crippen molar-refractivity contribution in [2.45, 2.75) is 12.5 Å². The molecule has 0 fully saturated rings. The maximum absolute atomic E-state index is 11.1. The van der Waals surface area contributed by atoms with Crippen LogP contribution >= 0.6 is 0 Å². The quantitative estimate of drug-likeness (QED) is 0.786. The highest BCUT2D eigenvalue weighted by Gasteiger charge is 2.14. The van der Waals surface area contributed by atoms with Crippen LogP contribution in [0.5, 0.6) is 0 Å². The first-order chi connectivity index (χ1) is 7.79. The predicted molar refractivity (Wildman–Crippen MR) is 61.6 cm³/mol. The third kappa shape index (κ3) is 2.36. The smallest absolute Gasteiger partial charge is 0.318 e. The van der Waals surface area contributed by atoms with Crippen LogP contribution in [-0.4, -0.2) is 19.6 Å². The van der Waals surface area contributed by atoms with E-state index in [-0.39, 0.29) is 12.1 Å². The third-order valence-electron chi connectivity index (χ3n) is 2.50. The minimum Gasteiger partial charge on any atom is -0.341 e. The number of nitrogens with zero attached hydrogens (tertiary/aromatic N) is 2. The Morgan fingerprint density at radius 3 is 2.69 bits per heavy atom. The fraction of sp³-hybridized carbons (Fsp3) is 0.364. The van der Waals surface area contributed by atoms with Crippen LogP contribution in [0.4, 0.5) is 10.5 Å². The Balaban J connectivity index is 2.04. The van der Waals surface area contributed by atoms with Crippen molar-refractivity contribution >= 4 is 11.7 Å². The lowest BCUT2D eigenvalue weighted by Gasteiger charge is -2.07. The molecule has 1 heterocycles. The second-order valence-corrected chi connectivity index (χ2v) is 3.61. The molecule has 16 heavy (non-hydrogen) atoms. The molecule has 0 saturated heterocycles. The van der Waals surface area contributed by atoms with Crippen LogP contribution in [0, 0.1) is 0 Å². The van der Waals surface area contributed by atoms with Gasteiger partial charge in [0.15, 0.2) is 0 Å². The lowest BCUT2D eigenvalue weighted by molar-refractivity contribution is 0.254. The van der Waals surface area contributed by atoms with Crippen LogP contribution < -0.4 is 10.6 Å². The Morgan fingerprint density at radius 2 is 2.12 bits per heavy atom. The molecule has 0 radical (unpaired) electrons. The van der Waals surface area contributed by atoms with Crippen molar-refractivity contribution in [3.63, 3.8) is 0 Å². The lowest BCUT2D eigenvalue weighted by Crippen LogP contribution is -2.24. The zero-order valence-electron chi connectivity index (χ0n) is 9.10. The molecule has 1 unspecified atom stereocenters. The van der Waals surface area contributed by atoms with E-state index in [4.69, 9.17) is 0 Å². The van der Waals surface area contributed by atoms with Crippen LogP contribution in [0.2, 0.25) is 0 Å². The average Bonchev–Trinajstić information content (AvgIpc) is 2.83. The molecule has 1 aromatic rings. The van der Waals surface area contributed by atoms with Gasteiger partial charge in [-0.1, -0.05) is 12.1 Å². The molecule has 0 aromatic heterocycles. The number of hydrogen-bond acceptors (Lipinski definition) is 3. The molecular weight excluding hydrogens is 204 g/mol. The summed E-state index contributed by atoms with van der Waals surface area (Å²) >= 11 is 0. The summed E-state index contributed by atoms with van der Waals surface area (Å²) in [5.74, 6) is 0. The third-order valence-corrected chi connectivity index (χ3v) is 2.50. The Hall–Kier alpha value is -1.91. The molecule has 2 rings (SSSR count). The van der Waals surface area contributed by atoms with E-state index >= 15 is 0 Å². The topological polar surface area (TPSA) is 65.8 Å². The number of carbonyl (C=O) groups is 1. The van der Waals surface area contributed by atoms with E-state index in [1.54, 1.807) is 7.05 Å². The first-order valence-corrected chi connectivity index (χ1v) is 5.25. The summed E-state index contributed by atoms with van der Waals surface area (Å²) in [5.41, 5.74) is 1.92. The summed E-state index contributed by atoms with van der Waals surface area (Å²) in [6.45, 7) is 0.808. The fourth-order valence-corrected chi connectivity index (χ4v) is 1.61. The molecule has 2 N–H and O–H groups in total. The fourth-order valence-electron chi connectivity index (χ4n) is 1.61. The number of anilines is 1. The van der Waals surface area contributed by atoms with Gasteiger partial charge in [-0.15, -0.1) is 0 Å². The zero-order chi connectivity index (χ0) is 11.4. The highest BCUT2D eigenvalue weighted by atomic mass is 16.2. The van der Waals surface area contributed by atoms with Crippen LogP contribution in [-0.2, 0) is 0 Å². The van der Waals surface area contributed by atoms with Crippen molar-refractivity contribution in [2.24, 2.45) is 10.2 Å². The summed E-state index contributed by atoms with van der Waals surface area (Å²) in [5, 5.41) is 13.3. The summed E-state index contributed by atoms with van der Waals surface area (Å²) in [6.07, 6.45) is 0.974. The second-order valence-electron chi connectivity index (χ2n) is 3.61. The highest BCUT2D eigenvalue weighted by molar-refractivity contribution is 5.88. The summed E-state index contributed by atoms with van der Waals surface area (Å²) < 4.78 is 0. The molecule has 1 aliphatic rings. The van der Waals surface area contributed by atoms with Gasteiger partial charge in [0.05, 0.1) is 12.6 Å². The Morgan fingerprint density at radius 1 is 1.38 bits per heavy atom. The molecule has 0 saturated carbocycles. The van der Waals surface area contributed by atoms with Crippen molar-refractivity contribution in [2.75, 3.05) is 18.9 Å². The van der Waals surface area contributed by atoms with Crippen LogP contribution in [0.3, 0.4) is 0 Å². The van der Waals surface area contributed by atoms with Crippen LogP contribution in [0.1, 0.15) is 18.0 Å². The van der Waals surface area contributed by atoms with E-state index in [0.717, 1.165) is 24.2 Å². The Labute approximate surface area is 94.0 Å². The molecule has 0 bridgehead atoms. The normalized spacial score (nSPS) is 18.4. The molecule has 0 spiro atoms. The molecule has 5 heteroatoms. The first-order valence-electron chi connectivity index (χ1n) is 5.25. The SMILES string of the molecule is CNC(=O)Nc1ccc(C2CCN=N2)cc1.